The summed E-state index contributed by atoms with van der Waals surface area (Å²) >= 11 is 0. The minimum Gasteiger partial charge on any atom is -0.444 e. The van der Waals surface area contributed by atoms with Gasteiger partial charge in [0.25, 0.3) is 0 Å². The molecule has 110 valence electrons. The predicted molar refractivity (Wildman–Crippen MR) is 71.7 cm³/mol. The summed E-state index contributed by atoms with van der Waals surface area (Å²) in [4.78, 5) is 11.5. The van der Waals surface area contributed by atoms with E-state index >= 15 is 0 Å². The van der Waals surface area contributed by atoms with Crippen molar-refractivity contribution in [2.24, 2.45) is 0 Å². The molecule has 0 saturated heterocycles. The minimum absolute atomic E-state index is 0.0305. The van der Waals surface area contributed by atoms with Gasteiger partial charge in [0.05, 0.1) is 5.56 Å². The largest absolute Gasteiger partial charge is 0.444 e. The molecule has 1 N–H and O–H groups in total. The lowest BCUT2D eigenvalue weighted by Gasteiger charge is -2.10. The van der Waals surface area contributed by atoms with Crippen molar-refractivity contribution in [3.63, 3.8) is 0 Å². The number of anilines is 1. The predicted octanol–water partition coefficient (Wildman–Crippen LogP) is 4.45. The van der Waals surface area contributed by atoms with E-state index in [-0.39, 0.29) is 12.3 Å². The average molecular weight is 295 g/mol. The molecule has 3 nitrogen and oxygen atoms in total. The molecule has 1 amide bonds. The molecule has 2 aromatic carbocycles. The number of nitrogens with one attached hydrogen (secondary N) is 1. The Morgan fingerprint density at radius 3 is 2.43 bits per heavy atom. The molecule has 0 radical (unpaired) electrons. The number of carbonyl (C=O) groups is 1. The summed E-state index contributed by atoms with van der Waals surface area (Å²) in [7, 11) is 0. The van der Waals surface area contributed by atoms with Gasteiger partial charge < -0.3 is 4.74 Å². The normalized spacial score (nSPS) is 11.0. The van der Waals surface area contributed by atoms with Crippen molar-refractivity contribution in [2.75, 3.05) is 5.32 Å². The Morgan fingerprint density at radius 1 is 1.05 bits per heavy atom. The number of hydrogen-bond acceptors (Lipinski definition) is 2. The maximum Gasteiger partial charge on any atom is 0.416 e. The topological polar surface area (TPSA) is 38.3 Å². The van der Waals surface area contributed by atoms with E-state index in [2.05, 4.69) is 5.32 Å². The average Bonchev–Trinajstić information content (AvgIpc) is 2.46. The van der Waals surface area contributed by atoms with Crippen LogP contribution in [0.3, 0.4) is 0 Å². The fourth-order valence-corrected chi connectivity index (χ4v) is 1.65. The van der Waals surface area contributed by atoms with E-state index in [1.54, 1.807) is 24.3 Å². The van der Waals surface area contributed by atoms with Gasteiger partial charge in [0, 0.05) is 5.69 Å². The van der Waals surface area contributed by atoms with Gasteiger partial charge in [-0.1, -0.05) is 36.4 Å². The molecule has 2 aromatic rings. The van der Waals surface area contributed by atoms with Crippen LogP contribution in [0.2, 0.25) is 0 Å². The smallest absolute Gasteiger partial charge is 0.416 e. The maximum atomic E-state index is 12.5. The lowest BCUT2D eigenvalue weighted by atomic mass is 10.2. The molecule has 0 aliphatic carbocycles. The molecular formula is C15H12F3NO2. The third-order valence-electron chi connectivity index (χ3n) is 2.65. The van der Waals surface area contributed by atoms with Crippen LogP contribution in [-0.2, 0) is 17.5 Å². The zero-order chi connectivity index (χ0) is 15.3. The molecule has 2 rings (SSSR count). The quantitative estimate of drug-likeness (QED) is 0.908. The Kier molecular flexibility index (Phi) is 4.47. The minimum atomic E-state index is -4.45. The lowest BCUT2D eigenvalue weighted by molar-refractivity contribution is -0.137. The van der Waals surface area contributed by atoms with E-state index in [4.69, 9.17) is 4.74 Å². The van der Waals surface area contributed by atoms with Crippen molar-refractivity contribution >= 4 is 11.8 Å². The third-order valence-corrected chi connectivity index (χ3v) is 2.65. The fraction of sp³-hybridized carbons (Fsp3) is 0.133. The van der Waals surface area contributed by atoms with Crippen molar-refractivity contribution in [1.82, 2.24) is 0 Å². The van der Waals surface area contributed by atoms with Crippen LogP contribution in [0.15, 0.2) is 54.6 Å². The first-order chi connectivity index (χ1) is 9.95. The van der Waals surface area contributed by atoms with E-state index in [0.29, 0.717) is 0 Å². The number of rotatable bonds is 3. The van der Waals surface area contributed by atoms with Crippen LogP contribution >= 0.6 is 0 Å². The molecule has 0 aromatic heterocycles. The zero-order valence-electron chi connectivity index (χ0n) is 10.9. The highest BCUT2D eigenvalue weighted by Gasteiger charge is 2.30. The Bertz CT molecular complexity index is 612. The highest BCUT2D eigenvalue weighted by molar-refractivity contribution is 5.84. The van der Waals surface area contributed by atoms with Gasteiger partial charge in [-0.2, -0.15) is 13.2 Å². The first kappa shape index (κ1) is 14.9. The van der Waals surface area contributed by atoms with Crippen LogP contribution in [0.25, 0.3) is 0 Å². The molecule has 0 fully saturated rings. The Hall–Kier alpha value is -2.50. The summed E-state index contributed by atoms with van der Waals surface area (Å²) in [5.41, 5.74) is -0.0112. The van der Waals surface area contributed by atoms with Crippen LogP contribution in [0, 0.1) is 0 Å². The van der Waals surface area contributed by atoms with Gasteiger partial charge in [-0.25, -0.2) is 4.79 Å². The summed E-state index contributed by atoms with van der Waals surface area (Å²) in [6.07, 6.45) is -5.26. The summed E-state index contributed by atoms with van der Waals surface area (Å²) in [5, 5.41) is 2.26. The Labute approximate surface area is 119 Å². The van der Waals surface area contributed by atoms with Gasteiger partial charge in [-0.15, -0.1) is 0 Å². The molecule has 0 aliphatic heterocycles. The van der Waals surface area contributed by atoms with Crippen molar-refractivity contribution in [2.45, 2.75) is 12.8 Å². The summed E-state index contributed by atoms with van der Waals surface area (Å²) < 4.78 is 42.5. The molecule has 0 saturated carbocycles. The van der Waals surface area contributed by atoms with E-state index in [0.717, 1.165) is 17.7 Å². The van der Waals surface area contributed by atoms with Crippen LogP contribution in [-0.4, -0.2) is 6.09 Å². The highest BCUT2D eigenvalue weighted by atomic mass is 19.4. The highest BCUT2D eigenvalue weighted by Crippen LogP contribution is 2.30. The summed E-state index contributed by atoms with van der Waals surface area (Å²) in [6, 6.07) is 13.3. The van der Waals surface area contributed by atoms with Crippen LogP contribution in [0.4, 0.5) is 23.7 Å². The lowest BCUT2D eigenvalue weighted by Crippen LogP contribution is -2.14. The number of hydrogen-bond donors (Lipinski definition) is 1. The van der Waals surface area contributed by atoms with Gasteiger partial charge in [0.15, 0.2) is 0 Å². The molecule has 0 spiro atoms. The van der Waals surface area contributed by atoms with Gasteiger partial charge >= 0.3 is 12.3 Å². The van der Waals surface area contributed by atoms with Crippen molar-refractivity contribution in [3.8, 4) is 0 Å². The molecule has 0 atom stereocenters. The second-order valence-electron chi connectivity index (χ2n) is 4.27. The summed E-state index contributed by atoms with van der Waals surface area (Å²) in [5.74, 6) is 0. The van der Waals surface area contributed by atoms with E-state index in [1.807, 2.05) is 6.07 Å². The Balaban J connectivity index is 1.94. The first-order valence-corrected chi connectivity index (χ1v) is 6.10. The SMILES string of the molecule is O=C(Nc1cccc(C(F)(F)F)c1)OCc1ccccc1. The number of carbonyl (C=O) groups excluding carboxylic acids is 1. The second-order valence-corrected chi connectivity index (χ2v) is 4.27. The van der Waals surface area contributed by atoms with E-state index in [9.17, 15) is 18.0 Å². The molecule has 0 aliphatic rings. The van der Waals surface area contributed by atoms with Gasteiger partial charge in [-0.3, -0.25) is 5.32 Å². The number of alkyl halides is 3. The molecule has 21 heavy (non-hydrogen) atoms. The van der Waals surface area contributed by atoms with E-state index < -0.39 is 17.8 Å². The molecule has 0 bridgehead atoms. The van der Waals surface area contributed by atoms with Crippen molar-refractivity contribution < 1.29 is 22.7 Å². The van der Waals surface area contributed by atoms with Crippen LogP contribution < -0.4 is 5.32 Å². The number of halogens is 3. The molecular weight excluding hydrogens is 283 g/mol. The number of benzene rings is 2. The molecule has 0 heterocycles. The first-order valence-electron chi connectivity index (χ1n) is 6.10. The van der Waals surface area contributed by atoms with Gasteiger partial charge in [-0.05, 0) is 23.8 Å². The zero-order valence-corrected chi connectivity index (χ0v) is 10.9. The van der Waals surface area contributed by atoms with Gasteiger partial charge in [0.1, 0.15) is 6.61 Å². The number of ether oxygens (including phenoxy) is 1. The second kappa shape index (κ2) is 6.30. The summed E-state index contributed by atoms with van der Waals surface area (Å²) in [6.45, 7) is 0.0473. The van der Waals surface area contributed by atoms with Crippen LogP contribution in [0.1, 0.15) is 11.1 Å². The Morgan fingerprint density at radius 2 is 1.76 bits per heavy atom. The fourth-order valence-electron chi connectivity index (χ4n) is 1.65. The standard InChI is InChI=1S/C15H12F3NO2/c16-15(17,18)12-7-4-8-13(9-12)19-14(20)21-10-11-5-2-1-3-6-11/h1-9H,10H2,(H,19,20). The maximum absolute atomic E-state index is 12.5. The molecule has 0 unspecified atom stereocenters. The third kappa shape index (κ3) is 4.52. The van der Waals surface area contributed by atoms with Crippen LogP contribution in [0.5, 0.6) is 0 Å². The van der Waals surface area contributed by atoms with E-state index in [1.165, 1.54) is 12.1 Å². The van der Waals surface area contributed by atoms with Crippen molar-refractivity contribution in [1.29, 1.82) is 0 Å². The monoisotopic (exact) mass is 295 g/mol. The molecule has 6 heteroatoms. The van der Waals surface area contributed by atoms with Gasteiger partial charge in [0.2, 0.25) is 0 Å². The number of amides is 1. The van der Waals surface area contributed by atoms with Crippen molar-refractivity contribution in [3.05, 3.63) is 65.7 Å².